The number of halogens is 12. The van der Waals surface area contributed by atoms with Crippen molar-refractivity contribution < 1.29 is 43.9 Å². The van der Waals surface area contributed by atoms with Crippen molar-refractivity contribution in [1.82, 2.24) is 16.0 Å². The molecule has 12 rings (SSSR count). The number of rotatable bonds is 30. The average Bonchev–Trinajstić information content (AvgIpc) is 0.600. The van der Waals surface area contributed by atoms with Crippen LogP contribution in [0.15, 0.2) is 291 Å². The van der Waals surface area contributed by atoms with Gasteiger partial charge in [0.25, 0.3) is 0 Å². The molecule has 0 aliphatic carbocycles. The van der Waals surface area contributed by atoms with Gasteiger partial charge < -0.3 is 33.2 Å². The first-order valence-electron chi connectivity index (χ1n) is 42.2. The Kier molecular flexibility index (Phi) is 41.5. The van der Waals surface area contributed by atoms with Gasteiger partial charge in [-0.2, -0.15) is 0 Å². The van der Waals surface area contributed by atoms with Crippen LogP contribution in [0, 0.1) is 87.3 Å². The molecular weight excluding hydrogens is 1610 g/mol. The van der Waals surface area contributed by atoms with Crippen molar-refractivity contribution >= 4 is 23.2 Å². The summed E-state index contributed by atoms with van der Waals surface area (Å²) in [4.78, 5) is 0. The van der Waals surface area contributed by atoms with Gasteiger partial charge in [0, 0.05) is 63.7 Å². The van der Waals surface area contributed by atoms with Crippen LogP contribution in [-0.4, -0.2) is 57.4 Å². The third-order valence-corrected chi connectivity index (χ3v) is 22.7. The van der Waals surface area contributed by atoms with Crippen LogP contribution < -0.4 is 33.2 Å². The minimum absolute atomic E-state index is 0.0320. The number of nitrogens with one attached hydrogen (secondary N) is 3. The summed E-state index contributed by atoms with van der Waals surface area (Å²) in [6.45, 7) is 29.2. The zero-order valence-electron chi connectivity index (χ0n) is 72.4. The Labute approximate surface area is 733 Å². The van der Waals surface area contributed by atoms with Gasteiger partial charge in [0.1, 0.15) is 58.2 Å². The lowest BCUT2D eigenvalue weighted by Gasteiger charge is -2.34. The molecule has 123 heavy (non-hydrogen) atoms. The second-order valence-electron chi connectivity index (χ2n) is 32.5. The van der Waals surface area contributed by atoms with Crippen molar-refractivity contribution in [2.24, 2.45) is 46.3 Å². The van der Waals surface area contributed by atoms with Crippen LogP contribution in [0.3, 0.4) is 0 Å². The number of benzene rings is 12. The Morgan fingerprint density at radius 2 is 0.545 bits per heavy atom. The van der Waals surface area contributed by atoms with Gasteiger partial charge in [0.05, 0.1) is 0 Å². The minimum atomic E-state index is -0.304. The highest BCUT2D eigenvalue weighted by Gasteiger charge is 2.33. The predicted octanol–water partition coefficient (Wildman–Crippen LogP) is 26.4. The summed E-state index contributed by atoms with van der Waals surface area (Å²) in [5, 5.41) is 11.5. The molecule has 0 aromatic heterocycles. The largest absolute Gasteiger partial charge is 0.330 e. The minimum Gasteiger partial charge on any atom is -0.330 e. The Balaban J connectivity index is 0.000000203. The Morgan fingerprint density at radius 3 is 0.772 bits per heavy atom. The van der Waals surface area contributed by atoms with Crippen LogP contribution in [0.4, 0.5) is 43.9 Å². The first-order chi connectivity index (χ1) is 58.7. The summed E-state index contributed by atoms with van der Waals surface area (Å²) in [5.41, 5.74) is 28.4. The van der Waals surface area contributed by atoms with Crippen LogP contribution in [0.2, 0.25) is 10.0 Å². The summed E-state index contributed by atoms with van der Waals surface area (Å²) in [7, 11) is 0. The van der Waals surface area contributed by atoms with E-state index in [9.17, 15) is 43.9 Å². The maximum atomic E-state index is 13.6. The molecule has 18 heteroatoms. The third kappa shape index (κ3) is 32.1. The lowest BCUT2D eigenvalue weighted by atomic mass is 9.71. The highest BCUT2D eigenvalue weighted by molar-refractivity contribution is 6.31. The molecule has 6 nitrogen and oxygen atoms in total. The van der Waals surface area contributed by atoms with Gasteiger partial charge in [-0.15, -0.1) is 0 Å². The molecule has 0 amide bonds. The molecule has 0 bridgehead atoms. The van der Waals surface area contributed by atoms with Gasteiger partial charge in [0.15, 0.2) is 0 Å². The first-order valence-corrected chi connectivity index (χ1v) is 42.9. The van der Waals surface area contributed by atoms with E-state index in [-0.39, 0.29) is 141 Å². The van der Waals surface area contributed by atoms with E-state index in [1.54, 1.807) is 72.8 Å². The van der Waals surface area contributed by atoms with Crippen molar-refractivity contribution in [2.75, 3.05) is 39.3 Å². The molecule has 0 saturated carbocycles. The smallest absolute Gasteiger partial charge is 0.123 e. The molecule has 0 aliphatic heterocycles. The Hall–Kier alpha value is -9.72. The average molecular weight is 1730 g/mol. The standard InChI is InChI=1S/C19H23F2N.2C18H21F2N.2C17H19F2N.C16H17Cl2N/c1-4-22-14(3)13(2)19(15-7-5-9-17(20)11-15)16-8-6-10-18(21)12-16;2*1-3-21-12-13(2)18(14-6-4-8-16(19)10-14)15-7-5-9-17(20)11-15;1-17(2,11-20)16(12-5-3-7-14(18)9-12)13-6-4-8-15(19)10-13;1-11(12(2)20)17(13-5-3-7-15(18)9-13)14-6-4-8-16(19)10-14;1-11(19)8-16(12-4-2-6-14(17)9-12)13-5-3-7-15(18)10-13/h5-14,19,22H,4H2,1-3H3;2*4-11,13,18,21H,3,12H2,1-2H3;3-10,16H,11,20H2,1-2H3;3-12,17H,20H2,1-2H3;2-7,9-11,16H,8,19H2,1H3/t;2*13-;;;/m.10.../s1. The second-order valence-corrected chi connectivity index (χ2v) is 33.3. The van der Waals surface area contributed by atoms with E-state index in [1.165, 1.54) is 120 Å². The van der Waals surface area contributed by atoms with Crippen molar-refractivity contribution in [1.29, 1.82) is 0 Å². The molecule has 0 spiro atoms. The maximum Gasteiger partial charge on any atom is 0.123 e. The normalized spacial score (nSPS) is 13.0. The van der Waals surface area contributed by atoms with Crippen molar-refractivity contribution in [3.8, 4) is 0 Å². The first kappa shape index (κ1) is 100. The zero-order chi connectivity index (χ0) is 89.9. The fraction of sp³-hybridized carbons (Fsp3) is 0.314. The second kappa shape index (κ2) is 50.9. The van der Waals surface area contributed by atoms with Gasteiger partial charge in [-0.1, -0.05) is 231 Å². The van der Waals surface area contributed by atoms with Gasteiger partial charge >= 0.3 is 0 Å². The number of hydrogen-bond acceptors (Lipinski definition) is 6. The molecule has 5 unspecified atom stereocenters. The number of nitrogens with two attached hydrogens (primary N) is 3. The molecule has 0 heterocycles. The fourth-order valence-electron chi connectivity index (χ4n) is 15.8. The molecule has 0 fully saturated rings. The van der Waals surface area contributed by atoms with Gasteiger partial charge in [-0.3, -0.25) is 0 Å². The zero-order valence-corrected chi connectivity index (χ0v) is 73.9. The van der Waals surface area contributed by atoms with Gasteiger partial charge in [-0.25, -0.2) is 43.9 Å². The van der Waals surface area contributed by atoms with Crippen molar-refractivity contribution in [3.05, 3.63) is 426 Å². The highest BCUT2D eigenvalue weighted by Crippen LogP contribution is 2.42. The maximum absolute atomic E-state index is 13.6. The summed E-state index contributed by atoms with van der Waals surface area (Å²) in [5.74, 6) is -2.18. The van der Waals surface area contributed by atoms with E-state index >= 15 is 0 Å². The van der Waals surface area contributed by atoms with Crippen LogP contribution in [0.1, 0.15) is 192 Å². The van der Waals surface area contributed by atoms with E-state index in [2.05, 4.69) is 62.7 Å². The third-order valence-electron chi connectivity index (χ3n) is 22.2. The molecule has 0 radical (unpaired) electrons. The Bertz CT molecular complexity index is 4770. The van der Waals surface area contributed by atoms with Crippen molar-refractivity contribution in [2.45, 2.75) is 143 Å². The monoisotopic (exact) mass is 1720 g/mol. The molecule has 0 saturated heterocycles. The van der Waals surface area contributed by atoms with Crippen LogP contribution >= 0.6 is 23.2 Å². The van der Waals surface area contributed by atoms with Crippen molar-refractivity contribution in [3.63, 3.8) is 0 Å². The summed E-state index contributed by atoms with van der Waals surface area (Å²) in [6, 6.07) is 81.4. The quantitative estimate of drug-likeness (QED) is 0.0250. The molecule has 0 aliphatic rings. The molecule has 654 valence electrons. The topological polar surface area (TPSA) is 114 Å². The van der Waals surface area contributed by atoms with E-state index in [1.807, 2.05) is 146 Å². The van der Waals surface area contributed by atoms with E-state index < -0.39 is 0 Å². The van der Waals surface area contributed by atoms with Gasteiger partial charge in [-0.05, 0) is 308 Å². The molecule has 12 aromatic rings. The fourth-order valence-corrected chi connectivity index (χ4v) is 16.2. The molecule has 7 atom stereocenters. The summed E-state index contributed by atoms with van der Waals surface area (Å²) >= 11 is 12.2. The number of hydrogen-bond donors (Lipinski definition) is 6. The molecule has 9 N–H and O–H groups in total. The van der Waals surface area contributed by atoms with E-state index in [0.29, 0.717) is 6.54 Å². The summed E-state index contributed by atoms with van der Waals surface area (Å²) in [6.07, 6.45) is 0.862. The van der Waals surface area contributed by atoms with Crippen LogP contribution in [-0.2, 0) is 0 Å². The van der Waals surface area contributed by atoms with E-state index in [4.69, 9.17) is 40.4 Å². The van der Waals surface area contributed by atoms with E-state index in [0.717, 1.165) is 105 Å². The lowest BCUT2D eigenvalue weighted by molar-refractivity contribution is 0.328. The predicted molar refractivity (Wildman–Crippen MR) is 490 cm³/mol. The Morgan fingerprint density at radius 1 is 0.309 bits per heavy atom. The highest BCUT2D eigenvalue weighted by atomic mass is 35.5. The summed E-state index contributed by atoms with van der Waals surface area (Å²) < 4.78 is 135. The van der Waals surface area contributed by atoms with Crippen LogP contribution in [0.5, 0.6) is 0 Å². The lowest BCUT2D eigenvalue weighted by Crippen LogP contribution is -2.35. The SMILES string of the molecule is CC(C)(CN)C(c1cccc(F)c1)c1cccc(F)c1.CC(N)C(C)C(c1cccc(F)c1)c1cccc(F)c1.CC(N)CC(c1cccc(Cl)c1)c1cccc(Cl)c1.CCNC(C)C(C)C(c1cccc(F)c1)c1cccc(F)c1.CCNC[C@@H](C)C(c1cccc(F)c1)c1cccc(F)c1.CCNC[C@H](C)C(c1cccc(F)c1)c1cccc(F)c1. The molecule has 12 aromatic carbocycles. The van der Waals surface area contributed by atoms with Gasteiger partial charge in [0.2, 0.25) is 0 Å². The molecular formula is C105H120Cl2F10N6. The van der Waals surface area contributed by atoms with Crippen LogP contribution in [0.25, 0.3) is 0 Å².